The molecule has 11 heteroatoms. The van der Waals surface area contributed by atoms with Crippen molar-refractivity contribution in [2.45, 2.75) is 25.8 Å². The lowest BCUT2D eigenvalue weighted by Crippen LogP contribution is -2.46. The zero-order chi connectivity index (χ0) is 22.0. The second-order valence-corrected chi connectivity index (χ2v) is 7.56. The van der Waals surface area contributed by atoms with Crippen molar-refractivity contribution in [3.8, 4) is 5.82 Å². The number of aromatic amines is 1. The Morgan fingerprint density at radius 2 is 2.06 bits per heavy atom. The number of carbonyl (C=O) groups is 3. The number of pyridine rings is 1. The first-order valence-corrected chi connectivity index (χ1v) is 9.84. The number of nitrogens with two attached hydrogens (primary N) is 1. The monoisotopic (exact) mass is 422 g/mol. The molecule has 160 valence electrons. The average Bonchev–Trinajstić information content (AvgIpc) is 3.45. The molecule has 3 aromatic rings. The Balaban J connectivity index is 1.53. The van der Waals surface area contributed by atoms with E-state index in [1.165, 1.54) is 18.5 Å². The molecule has 0 unspecified atom stereocenters. The van der Waals surface area contributed by atoms with Gasteiger partial charge in [-0.15, -0.1) is 0 Å². The number of aromatic nitrogens is 5. The first kappa shape index (κ1) is 20.3. The van der Waals surface area contributed by atoms with Gasteiger partial charge in [-0.25, -0.2) is 4.68 Å². The number of nitrogens with zero attached hydrogens (tertiary/aromatic N) is 5. The quantitative estimate of drug-likeness (QED) is 0.534. The molecule has 0 spiro atoms. The predicted molar refractivity (Wildman–Crippen MR) is 110 cm³/mol. The maximum atomic E-state index is 13.0. The van der Waals surface area contributed by atoms with E-state index in [0.717, 1.165) is 6.42 Å². The van der Waals surface area contributed by atoms with Gasteiger partial charge in [0, 0.05) is 25.0 Å². The van der Waals surface area contributed by atoms with E-state index in [0.29, 0.717) is 24.5 Å². The van der Waals surface area contributed by atoms with Crippen LogP contribution in [0.2, 0.25) is 0 Å². The Labute approximate surface area is 177 Å². The summed E-state index contributed by atoms with van der Waals surface area (Å²) in [4.78, 5) is 42.5. The normalized spacial score (nSPS) is 18.5. The zero-order valence-electron chi connectivity index (χ0n) is 16.9. The van der Waals surface area contributed by atoms with Gasteiger partial charge in [0.2, 0.25) is 5.91 Å². The van der Waals surface area contributed by atoms with E-state index >= 15 is 0 Å². The molecule has 4 heterocycles. The highest BCUT2D eigenvalue weighted by molar-refractivity contribution is 6.39. The van der Waals surface area contributed by atoms with Crippen LogP contribution < -0.4 is 11.1 Å². The molecule has 4 N–H and O–H groups in total. The zero-order valence-corrected chi connectivity index (χ0v) is 16.9. The van der Waals surface area contributed by atoms with Gasteiger partial charge in [0.25, 0.3) is 0 Å². The number of piperidine rings is 1. The maximum Gasteiger partial charge on any atom is 0.313 e. The Morgan fingerprint density at radius 1 is 1.23 bits per heavy atom. The number of carbonyl (C=O) groups excluding carboxylic acids is 3. The summed E-state index contributed by atoms with van der Waals surface area (Å²) in [7, 11) is 0. The molecule has 0 radical (unpaired) electrons. The summed E-state index contributed by atoms with van der Waals surface area (Å²) in [5.41, 5.74) is 6.30. The van der Waals surface area contributed by atoms with E-state index < -0.39 is 17.7 Å². The molecule has 0 saturated carbocycles. The molecule has 11 nitrogen and oxygen atoms in total. The Bertz CT molecular complexity index is 1110. The van der Waals surface area contributed by atoms with Gasteiger partial charge in [-0.1, -0.05) is 6.92 Å². The lowest BCUT2D eigenvalue weighted by molar-refractivity contribution is -0.146. The first-order chi connectivity index (χ1) is 14.9. The van der Waals surface area contributed by atoms with Crippen molar-refractivity contribution in [2.24, 2.45) is 11.7 Å². The molecule has 1 saturated heterocycles. The summed E-state index contributed by atoms with van der Waals surface area (Å²) in [6, 6.07) is 4.67. The van der Waals surface area contributed by atoms with E-state index in [2.05, 4.69) is 25.6 Å². The van der Waals surface area contributed by atoms with Gasteiger partial charge >= 0.3 is 11.8 Å². The highest BCUT2D eigenvalue weighted by Gasteiger charge is 2.35. The number of amides is 3. The predicted octanol–water partition coefficient (Wildman–Crippen LogP) is 1.03. The van der Waals surface area contributed by atoms with Crippen LogP contribution in [0, 0.1) is 5.92 Å². The standard InChI is InChI=1S/C20H22N8O3/c1-12-2-3-16(15-5-7-28(26-15)17-4-6-23-25-17)27(11-12)20(31)19(30)24-14-8-13(18(21)29)9-22-10-14/h4-10,12,16H,2-3,11H2,1H3,(H2,21,29)(H,23,25)(H,24,30)/t12-,16+/m0/s1. The molecule has 1 aliphatic heterocycles. The van der Waals surface area contributed by atoms with E-state index in [9.17, 15) is 14.4 Å². The Hall–Kier alpha value is -4.02. The first-order valence-electron chi connectivity index (χ1n) is 9.84. The van der Waals surface area contributed by atoms with Crippen molar-refractivity contribution in [3.05, 3.63) is 54.2 Å². The summed E-state index contributed by atoms with van der Waals surface area (Å²) in [6.45, 7) is 2.48. The number of anilines is 1. The molecular weight excluding hydrogens is 400 g/mol. The van der Waals surface area contributed by atoms with E-state index in [1.54, 1.807) is 28.0 Å². The van der Waals surface area contributed by atoms with Crippen LogP contribution in [0.4, 0.5) is 5.69 Å². The summed E-state index contributed by atoms with van der Waals surface area (Å²) in [6.07, 6.45) is 7.65. The maximum absolute atomic E-state index is 13.0. The van der Waals surface area contributed by atoms with Gasteiger partial charge in [-0.2, -0.15) is 10.2 Å². The van der Waals surface area contributed by atoms with Crippen LogP contribution in [0.1, 0.15) is 41.9 Å². The number of rotatable bonds is 4. The van der Waals surface area contributed by atoms with Crippen LogP contribution >= 0.6 is 0 Å². The largest absolute Gasteiger partial charge is 0.366 e. The van der Waals surface area contributed by atoms with Crippen LogP contribution in [0.15, 0.2) is 43.0 Å². The molecule has 0 aliphatic carbocycles. The number of likely N-dealkylation sites (tertiary alicyclic amines) is 1. The van der Waals surface area contributed by atoms with Gasteiger partial charge < -0.3 is 16.0 Å². The third kappa shape index (κ3) is 4.29. The smallest absolute Gasteiger partial charge is 0.313 e. The number of hydrogen-bond acceptors (Lipinski definition) is 6. The van der Waals surface area contributed by atoms with Crippen LogP contribution in [-0.4, -0.2) is 54.1 Å². The van der Waals surface area contributed by atoms with E-state index in [-0.39, 0.29) is 23.2 Å². The van der Waals surface area contributed by atoms with Crippen LogP contribution in [0.25, 0.3) is 5.82 Å². The molecular formula is C20H22N8O3. The minimum absolute atomic E-state index is 0.138. The van der Waals surface area contributed by atoms with Gasteiger partial charge in [0.1, 0.15) is 5.82 Å². The molecule has 4 rings (SSSR count). The fraction of sp³-hybridized carbons (Fsp3) is 0.300. The molecule has 0 aromatic carbocycles. The number of nitrogens with one attached hydrogen (secondary N) is 2. The highest BCUT2D eigenvalue weighted by Crippen LogP contribution is 2.33. The Morgan fingerprint density at radius 3 is 2.81 bits per heavy atom. The fourth-order valence-electron chi connectivity index (χ4n) is 3.67. The van der Waals surface area contributed by atoms with E-state index in [4.69, 9.17) is 5.73 Å². The lowest BCUT2D eigenvalue weighted by atomic mass is 9.92. The molecule has 1 aliphatic rings. The average molecular weight is 422 g/mol. The summed E-state index contributed by atoms with van der Waals surface area (Å²) < 4.78 is 1.64. The van der Waals surface area contributed by atoms with Gasteiger partial charge in [0.05, 0.1) is 35.4 Å². The third-order valence-corrected chi connectivity index (χ3v) is 5.24. The van der Waals surface area contributed by atoms with Gasteiger partial charge in [0.15, 0.2) is 0 Å². The van der Waals surface area contributed by atoms with Crippen molar-refractivity contribution < 1.29 is 14.4 Å². The van der Waals surface area contributed by atoms with Crippen molar-refractivity contribution in [3.63, 3.8) is 0 Å². The van der Waals surface area contributed by atoms with Crippen LogP contribution in [-0.2, 0) is 9.59 Å². The Kier molecular flexibility index (Phi) is 5.48. The summed E-state index contributed by atoms with van der Waals surface area (Å²) in [5.74, 6) is -1.20. The van der Waals surface area contributed by atoms with Crippen molar-refractivity contribution in [1.29, 1.82) is 0 Å². The molecule has 0 bridgehead atoms. The highest BCUT2D eigenvalue weighted by atomic mass is 16.2. The number of primary amides is 1. The van der Waals surface area contributed by atoms with Crippen molar-refractivity contribution >= 4 is 23.4 Å². The van der Waals surface area contributed by atoms with E-state index in [1.807, 2.05) is 13.0 Å². The van der Waals surface area contributed by atoms with Crippen molar-refractivity contribution in [2.75, 3.05) is 11.9 Å². The third-order valence-electron chi connectivity index (χ3n) is 5.24. The minimum atomic E-state index is -0.810. The number of H-pyrrole nitrogens is 1. The summed E-state index contributed by atoms with van der Waals surface area (Å²) >= 11 is 0. The molecule has 2 atom stereocenters. The lowest BCUT2D eigenvalue weighted by Gasteiger charge is -2.37. The number of hydrogen-bond donors (Lipinski definition) is 3. The second kappa shape index (κ2) is 8.38. The second-order valence-electron chi connectivity index (χ2n) is 7.56. The van der Waals surface area contributed by atoms with Crippen molar-refractivity contribution in [1.82, 2.24) is 29.9 Å². The molecule has 3 amide bonds. The van der Waals surface area contributed by atoms with Gasteiger partial charge in [-0.05, 0) is 30.9 Å². The van der Waals surface area contributed by atoms with Crippen LogP contribution in [0.3, 0.4) is 0 Å². The van der Waals surface area contributed by atoms with Crippen LogP contribution in [0.5, 0.6) is 0 Å². The summed E-state index contributed by atoms with van der Waals surface area (Å²) in [5, 5.41) is 13.8. The SMILES string of the molecule is C[C@H]1CC[C@H](c2ccn(-c3ccn[nH]3)n2)N(C(=O)C(=O)Nc2cncc(C(N)=O)c2)C1. The fourth-order valence-corrected chi connectivity index (χ4v) is 3.67. The molecule has 3 aromatic heterocycles. The molecule has 31 heavy (non-hydrogen) atoms. The minimum Gasteiger partial charge on any atom is -0.366 e. The van der Waals surface area contributed by atoms with Gasteiger partial charge in [-0.3, -0.25) is 24.5 Å². The topological polar surface area (TPSA) is 152 Å². The molecule has 1 fully saturated rings.